The molecule has 0 aliphatic heterocycles. The quantitative estimate of drug-likeness (QED) is 0.179. The van der Waals surface area contributed by atoms with E-state index in [1.165, 1.54) is 0 Å². The lowest BCUT2D eigenvalue weighted by Crippen LogP contribution is -2.45. The number of aliphatic hydroxyl groups is 1. The number of aromatic nitrogens is 5. The highest BCUT2D eigenvalue weighted by atomic mass is 16.3. The normalized spacial score (nSPS) is 15.2. The van der Waals surface area contributed by atoms with Crippen molar-refractivity contribution in [2.75, 3.05) is 6.54 Å². The summed E-state index contributed by atoms with van der Waals surface area (Å²) in [5, 5.41) is 35.8. The summed E-state index contributed by atoms with van der Waals surface area (Å²) < 4.78 is 3.71. The number of phenols is 1. The Morgan fingerprint density at radius 3 is 2.85 bits per heavy atom. The van der Waals surface area contributed by atoms with Crippen LogP contribution in [0.1, 0.15) is 41.6 Å². The van der Waals surface area contributed by atoms with E-state index in [2.05, 4.69) is 25.7 Å². The smallest absolute Gasteiger partial charge is 0.137 e. The van der Waals surface area contributed by atoms with Crippen LogP contribution in [-0.4, -0.2) is 53.0 Å². The van der Waals surface area contributed by atoms with Crippen molar-refractivity contribution >= 4 is 11.9 Å². The van der Waals surface area contributed by atoms with Crippen molar-refractivity contribution in [3.8, 4) is 17.0 Å². The maximum Gasteiger partial charge on any atom is 0.137 e. The van der Waals surface area contributed by atoms with Crippen molar-refractivity contribution < 1.29 is 10.2 Å². The second-order valence-electron chi connectivity index (χ2n) is 9.02. The van der Waals surface area contributed by atoms with Gasteiger partial charge in [-0.25, -0.2) is 9.67 Å². The topological polar surface area (TPSA) is 139 Å². The van der Waals surface area contributed by atoms with Crippen LogP contribution < -0.4 is 11.2 Å². The minimum absolute atomic E-state index is 0.142. The van der Waals surface area contributed by atoms with Crippen molar-refractivity contribution in [2.24, 2.45) is 10.9 Å². The molecule has 0 unspecified atom stereocenters. The van der Waals surface area contributed by atoms with E-state index >= 15 is 0 Å². The molecule has 0 bridgehead atoms. The number of nitrogens with one attached hydrogen (secondary N) is 1. The van der Waals surface area contributed by atoms with Crippen LogP contribution in [0, 0.1) is 6.92 Å². The number of fused-ring (bicyclic) bond motifs is 1. The first-order valence-corrected chi connectivity index (χ1v) is 11.3. The molecule has 0 radical (unpaired) electrons. The molecular formula is C24H28N8O2. The van der Waals surface area contributed by atoms with Gasteiger partial charge >= 0.3 is 0 Å². The molecule has 10 nitrogen and oxygen atoms in total. The Balaban J connectivity index is 1.31. The molecular weight excluding hydrogens is 432 g/mol. The molecule has 0 atom stereocenters. The molecule has 0 spiro atoms. The first-order chi connectivity index (χ1) is 16.4. The molecule has 1 aromatic carbocycles. The van der Waals surface area contributed by atoms with Crippen LogP contribution in [0.15, 0.2) is 48.0 Å². The van der Waals surface area contributed by atoms with Gasteiger partial charge < -0.3 is 25.8 Å². The fourth-order valence-electron chi connectivity index (χ4n) is 4.37. The Bertz CT molecular complexity index is 1350. The summed E-state index contributed by atoms with van der Waals surface area (Å²) in [6.07, 6.45) is 10.2. The number of rotatable bonds is 8. The molecule has 10 heteroatoms. The van der Waals surface area contributed by atoms with Gasteiger partial charge in [0, 0.05) is 36.6 Å². The molecule has 5 N–H and O–H groups in total. The van der Waals surface area contributed by atoms with E-state index in [1.807, 2.05) is 42.0 Å². The number of hydrogen-bond donors (Lipinski definition) is 4. The molecule has 0 saturated heterocycles. The number of nitrogens with two attached hydrogens (primary N) is 1. The molecule has 5 rings (SSSR count). The van der Waals surface area contributed by atoms with E-state index in [9.17, 15) is 10.2 Å². The third-order valence-electron chi connectivity index (χ3n) is 6.34. The van der Waals surface area contributed by atoms with Crippen LogP contribution in [0.5, 0.6) is 5.75 Å². The zero-order valence-corrected chi connectivity index (χ0v) is 19.0. The van der Waals surface area contributed by atoms with Crippen LogP contribution in [0.2, 0.25) is 0 Å². The number of hydrazone groups is 1. The molecule has 34 heavy (non-hydrogen) atoms. The lowest BCUT2D eigenvalue weighted by Gasteiger charge is -2.36. The molecule has 176 valence electrons. The van der Waals surface area contributed by atoms with Crippen LogP contribution >= 0.6 is 0 Å². The highest BCUT2D eigenvalue weighted by molar-refractivity contribution is 5.91. The van der Waals surface area contributed by atoms with Gasteiger partial charge in [-0.05, 0) is 55.5 Å². The fraction of sp³-hybridized carbons (Fsp3) is 0.333. The summed E-state index contributed by atoms with van der Waals surface area (Å²) in [6, 6.07) is 7.31. The van der Waals surface area contributed by atoms with E-state index in [-0.39, 0.29) is 5.75 Å². The molecule has 1 aliphatic rings. The molecule has 4 aromatic rings. The van der Waals surface area contributed by atoms with Gasteiger partial charge in [-0.3, -0.25) is 0 Å². The lowest BCUT2D eigenvalue weighted by molar-refractivity contribution is -0.0314. The lowest BCUT2D eigenvalue weighted by atomic mass is 9.80. The largest absolute Gasteiger partial charge is 0.508 e. The molecule has 1 fully saturated rings. The highest BCUT2D eigenvalue weighted by Crippen LogP contribution is 2.31. The maximum atomic E-state index is 10.2. The number of hydrogen-bond acceptors (Lipinski definition) is 8. The summed E-state index contributed by atoms with van der Waals surface area (Å²) in [7, 11) is 0. The van der Waals surface area contributed by atoms with Crippen molar-refractivity contribution in [1.29, 1.82) is 0 Å². The van der Waals surface area contributed by atoms with Crippen molar-refractivity contribution in [1.82, 2.24) is 29.7 Å². The van der Waals surface area contributed by atoms with Gasteiger partial charge in [-0.15, -0.1) is 5.10 Å². The summed E-state index contributed by atoms with van der Waals surface area (Å²) >= 11 is 0. The van der Waals surface area contributed by atoms with E-state index in [0.717, 1.165) is 47.3 Å². The Hall–Kier alpha value is -3.76. The summed E-state index contributed by atoms with van der Waals surface area (Å²) in [5.74, 6) is 5.51. The number of imidazole rings is 1. The first-order valence-electron chi connectivity index (χ1n) is 11.3. The Morgan fingerprint density at radius 2 is 2.09 bits per heavy atom. The van der Waals surface area contributed by atoms with Gasteiger partial charge in [0.05, 0.1) is 30.3 Å². The van der Waals surface area contributed by atoms with Gasteiger partial charge in [-0.2, -0.15) is 5.10 Å². The number of aromatic hydroxyl groups is 1. The van der Waals surface area contributed by atoms with Crippen molar-refractivity contribution in [3.05, 3.63) is 65.2 Å². The predicted molar refractivity (Wildman–Crippen MR) is 128 cm³/mol. The van der Waals surface area contributed by atoms with Gasteiger partial charge in [0.15, 0.2) is 0 Å². The first kappa shape index (κ1) is 22.1. The van der Waals surface area contributed by atoms with Crippen molar-refractivity contribution in [2.45, 2.75) is 44.9 Å². The zero-order chi connectivity index (χ0) is 23.7. The third-order valence-corrected chi connectivity index (χ3v) is 6.34. The number of benzene rings is 1. The molecule has 0 amide bonds. The summed E-state index contributed by atoms with van der Waals surface area (Å²) in [5.41, 5.74) is 5.23. The van der Waals surface area contributed by atoms with E-state index in [4.69, 9.17) is 5.84 Å². The standard InChI is InChI=1S/C24H28N8O2/c1-16-7-19(33)8-20(21(16)10-27-25)22-14-32(30-29-22)13-18-12-31-11-17(3-4-23(31)28-18)9-26-15-24(34)5-2-6-24/h3-4,7-8,10-12,14,26,33-34H,2,5-6,9,13,15,25H2,1H3/b27-10-. The fourth-order valence-corrected chi connectivity index (χ4v) is 4.37. The van der Waals surface area contributed by atoms with Gasteiger partial charge in [0.25, 0.3) is 0 Å². The third kappa shape index (κ3) is 4.50. The van der Waals surface area contributed by atoms with Crippen LogP contribution in [-0.2, 0) is 13.1 Å². The van der Waals surface area contributed by atoms with Gasteiger partial charge in [0.2, 0.25) is 0 Å². The van der Waals surface area contributed by atoms with Gasteiger partial charge in [0.1, 0.15) is 17.1 Å². The molecule has 3 aromatic heterocycles. The number of pyridine rings is 1. The average molecular weight is 461 g/mol. The monoisotopic (exact) mass is 460 g/mol. The van der Waals surface area contributed by atoms with Crippen molar-refractivity contribution in [3.63, 3.8) is 0 Å². The Kier molecular flexibility index (Phi) is 5.76. The summed E-state index contributed by atoms with van der Waals surface area (Å²) in [4.78, 5) is 4.68. The number of nitrogens with zero attached hydrogens (tertiary/aromatic N) is 6. The second kappa shape index (κ2) is 8.88. The predicted octanol–water partition coefficient (Wildman–Crippen LogP) is 1.95. The van der Waals surface area contributed by atoms with Crippen LogP contribution in [0.4, 0.5) is 0 Å². The highest BCUT2D eigenvalue weighted by Gasteiger charge is 2.33. The number of aryl methyl sites for hydroxylation is 1. The minimum Gasteiger partial charge on any atom is -0.508 e. The van der Waals surface area contributed by atoms with Gasteiger partial charge in [-0.1, -0.05) is 11.3 Å². The second-order valence-corrected chi connectivity index (χ2v) is 9.02. The molecule has 1 saturated carbocycles. The molecule has 3 heterocycles. The van der Waals surface area contributed by atoms with E-state index < -0.39 is 5.60 Å². The zero-order valence-electron chi connectivity index (χ0n) is 19.0. The Labute approximate surface area is 196 Å². The SMILES string of the molecule is Cc1cc(O)cc(-c2cn(Cc3cn4cc(CNCC5(O)CCC5)ccc4n3)nn2)c1/C=N\N. The summed E-state index contributed by atoms with van der Waals surface area (Å²) in [6.45, 7) is 3.63. The average Bonchev–Trinajstić information content (AvgIpc) is 3.40. The van der Waals surface area contributed by atoms with Crippen LogP contribution in [0.3, 0.4) is 0 Å². The number of phenolic OH excluding ortho intramolecular Hbond substituents is 1. The maximum absolute atomic E-state index is 10.2. The van der Waals surface area contributed by atoms with Crippen LogP contribution in [0.25, 0.3) is 16.9 Å². The molecule has 1 aliphatic carbocycles. The minimum atomic E-state index is -0.530. The van der Waals surface area contributed by atoms with E-state index in [0.29, 0.717) is 30.9 Å². The Morgan fingerprint density at radius 1 is 1.24 bits per heavy atom. The van der Waals surface area contributed by atoms with E-state index in [1.54, 1.807) is 23.0 Å².